The standard InChI is InChI=1S/C20H17ClN4O2S/c1-4-25-9-13(16(26)12-7-6-11(3)22-18(12)25)19(27)24-20-23-15-10(2)5-8-14(21)17(15)28-20/h5-9H,4H2,1-3H3,(H,23,24,27). The van der Waals surface area contributed by atoms with E-state index in [9.17, 15) is 9.59 Å². The molecule has 4 aromatic rings. The van der Waals surface area contributed by atoms with Gasteiger partial charge in [0, 0.05) is 18.4 Å². The van der Waals surface area contributed by atoms with Gasteiger partial charge in [0.05, 0.1) is 20.6 Å². The molecule has 1 amide bonds. The zero-order valence-corrected chi connectivity index (χ0v) is 17.1. The minimum Gasteiger partial charge on any atom is -0.332 e. The summed E-state index contributed by atoms with van der Waals surface area (Å²) in [5.41, 5.74) is 2.81. The number of hydrogen-bond acceptors (Lipinski definition) is 5. The van der Waals surface area contributed by atoms with Gasteiger partial charge in [-0.05, 0) is 44.5 Å². The van der Waals surface area contributed by atoms with Crippen molar-refractivity contribution in [3.63, 3.8) is 0 Å². The first-order valence-electron chi connectivity index (χ1n) is 8.77. The molecule has 6 nitrogen and oxygen atoms in total. The molecule has 0 bridgehead atoms. The third-order valence-electron chi connectivity index (χ3n) is 4.56. The molecule has 0 aliphatic carbocycles. The Morgan fingerprint density at radius 1 is 1.21 bits per heavy atom. The summed E-state index contributed by atoms with van der Waals surface area (Å²) in [4.78, 5) is 34.6. The number of anilines is 1. The highest BCUT2D eigenvalue weighted by Gasteiger charge is 2.18. The Balaban J connectivity index is 1.78. The Morgan fingerprint density at radius 2 is 2.00 bits per heavy atom. The second-order valence-electron chi connectivity index (χ2n) is 6.50. The van der Waals surface area contributed by atoms with E-state index in [1.54, 1.807) is 29.0 Å². The highest BCUT2D eigenvalue weighted by atomic mass is 35.5. The van der Waals surface area contributed by atoms with Crippen LogP contribution in [0.4, 0.5) is 5.13 Å². The maximum absolute atomic E-state index is 12.9. The first-order valence-corrected chi connectivity index (χ1v) is 9.96. The van der Waals surface area contributed by atoms with Gasteiger partial charge in [0.1, 0.15) is 11.2 Å². The number of nitrogens with zero attached hydrogens (tertiary/aromatic N) is 3. The monoisotopic (exact) mass is 412 g/mol. The van der Waals surface area contributed by atoms with Gasteiger partial charge in [-0.15, -0.1) is 0 Å². The van der Waals surface area contributed by atoms with Crippen LogP contribution in [0.15, 0.2) is 35.3 Å². The predicted molar refractivity (Wildman–Crippen MR) is 114 cm³/mol. The van der Waals surface area contributed by atoms with E-state index in [0.717, 1.165) is 21.5 Å². The van der Waals surface area contributed by atoms with E-state index in [1.807, 2.05) is 26.8 Å². The number of thiazole rings is 1. The van der Waals surface area contributed by atoms with Gasteiger partial charge >= 0.3 is 0 Å². The molecule has 0 aliphatic heterocycles. The van der Waals surface area contributed by atoms with E-state index >= 15 is 0 Å². The van der Waals surface area contributed by atoms with E-state index in [2.05, 4.69) is 15.3 Å². The highest BCUT2D eigenvalue weighted by molar-refractivity contribution is 7.23. The highest BCUT2D eigenvalue weighted by Crippen LogP contribution is 2.33. The van der Waals surface area contributed by atoms with Gasteiger partial charge in [-0.2, -0.15) is 0 Å². The lowest BCUT2D eigenvalue weighted by molar-refractivity contribution is 0.102. The van der Waals surface area contributed by atoms with Crippen LogP contribution in [0.2, 0.25) is 5.02 Å². The number of fused-ring (bicyclic) bond motifs is 2. The van der Waals surface area contributed by atoms with Crippen LogP contribution in [0.1, 0.15) is 28.5 Å². The zero-order valence-electron chi connectivity index (χ0n) is 15.5. The Hall–Kier alpha value is -2.77. The number of aryl methyl sites for hydroxylation is 3. The van der Waals surface area contributed by atoms with Crippen molar-refractivity contribution in [2.24, 2.45) is 0 Å². The van der Waals surface area contributed by atoms with Crippen molar-refractivity contribution in [3.05, 3.63) is 62.5 Å². The van der Waals surface area contributed by atoms with Crippen molar-refractivity contribution >= 4 is 55.2 Å². The van der Waals surface area contributed by atoms with E-state index in [4.69, 9.17) is 11.6 Å². The lowest BCUT2D eigenvalue weighted by Gasteiger charge is -2.11. The van der Waals surface area contributed by atoms with E-state index in [1.165, 1.54) is 11.3 Å². The smallest absolute Gasteiger partial charge is 0.262 e. The molecule has 142 valence electrons. The van der Waals surface area contributed by atoms with Crippen molar-refractivity contribution in [1.82, 2.24) is 14.5 Å². The summed E-state index contributed by atoms with van der Waals surface area (Å²) in [6.07, 6.45) is 1.55. The number of carbonyl (C=O) groups excluding carboxylic acids is 1. The minimum absolute atomic E-state index is 0.0575. The molecule has 28 heavy (non-hydrogen) atoms. The molecule has 3 aromatic heterocycles. The first-order chi connectivity index (χ1) is 13.4. The number of carbonyl (C=O) groups is 1. The topological polar surface area (TPSA) is 76.9 Å². The number of aromatic nitrogens is 3. The fraction of sp³-hybridized carbons (Fsp3) is 0.200. The normalized spacial score (nSPS) is 11.3. The van der Waals surface area contributed by atoms with Crippen molar-refractivity contribution < 1.29 is 4.79 Å². The Morgan fingerprint density at radius 3 is 2.71 bits per heavy atom. The third-order valence-corrected chi connectivity index (χ3v) is 5.99. The first kappa shape index (κ1) is 18.6. The lowest BCUT2D eigenvalue weighted by atomic mass is 10.1. The van der Waals surface area contributed by atoms with Gasteiger partial charge in [-0.25, -0.2) is 9.97 Å². The minimum atomic E-state index is -0.498. The number of amides is 1. The summed E-state index contributed by atoms with van der Waals surface area (Å²) >= 11 is 7.52. The summed E-state index contributed by atoms with van der Waals surface area (Å²) in [5, 5.41) is 4.15. The SMILES string of the molecule is CCn1cc(C(=O)Nc2nc3c(C)ccc(Cl)c3s2)c(=O)c2ccc(C)nc21. The molecule has 0 unspecified atom stereocenters. The maximum atomic E-state index is 12.9. The number of rotatable bonds is 3. The second-order valence-corrected chi connectivity index (χ2v) is 7.90. The number of nitrogens with one attached hydrogen (secondary N) is 1. The molecule has 3 heterocycles. The van der Waals surface area contributed by atoms with Gasteiger partial charge in [0.25, 0.3) is 5.91 Å². The van der Waals surface area contributed by atoms with Crippen molar-refractivity contribution in [2.45, 2.75) is 27.3 Å². The summed E-state index contributed by atoms with van der Waals surface area (Å²) in [6.45, 7) is 6.32. The summed E-state index contributed by atoms with van der Waals surface area (Å²) < 4.78 is 2.61. The molecule has 8 heteroatoms. The molecule has 0 fully saturated rings. The molecule has 1 N–H and O–H groups in total. The predicted octanol–water partition coefficient (Wildman–Crippen LogP) is 4.55. The molecule has 0 saturated carbocycles. The van der Waals surface area contributed by atoms with Gasteiger partial charge in [0.2, 0.25) is 5.43 Å². The average molecular weight is 413 g/mol. The van der Waals surface area contributed by atoms with E-state index in [-0.39, 0.29) is 11.0 Å². The van der Waals surface area contributed by atoms with Crippen LogP contribution in [0, 0.1) is 13.8 Å². The second kappa shape index (κ2) is 7.00. The maximum Gasteiger partial charge on any atom is 0.262 e. The van der Waals surface area contributed by atoms with E-state index in [0.29, 0.717) is 27.7 Å². The molecule has 4 rings (SSSR count). The average Bonchev–Trinajstić information content (AvgIpc) is 3.10. The van der Waals surface area contributed by atoms with Crippen LogP contribution in [0.25, 0.3) is 21.3 Å². The van der Waals surface area contributed by atoms with Crippen LogP contribution < -0.4 is 10.7 Å². The molecule has 1 aromatic carbocycles. The van der Waals surface area contributed by atoms with Gasteiger partial charge in [-0.3, -0.25) is 14.9 Å². The van der Waals surface area contributed by atoms with Crippen molar-refractivity contribution in [3.8, 4) is 0 Å². The van der Waals surface area contributed by atoms with Crippen LogP contribution in [0.5, 0.6) is 0 Å². The van der Waals surface area contributed by atoms with Crippen LogP contribution in [-0.2, 0) is 6.54 Å². The Kier molecular flexibility index (Phi) is 4.64. The molecule has 0 aliphatic rings. The molecule has 0 saturated heterocycles. The van der Waals surface area contributed by atoms with Crippen LogP contribution in [-0.4, -0.2) is 20.4 Å². The quantitative estimate of drug-likeness (QED) is 0.535. The number of hydrogen-bond donors (Lipinski definition) is 1. The fourth-order valence-corrected chi connectivity index (χ4v) is 4.29. The molecule has 0 spiro atoms. The van der Waals surface area contributed by atoms with E-state index < -0.39 is 5.91 Å². The van der Waals surface area contributed by atoms with Gasteiger partial charge < -0.3 is 4.57 Å². The fourth-order valence-electron chi connectivity index (χ4n) is 3.08. The zero-order chi connectivity index (χ0) is 20.0. The van der Waals surface area contributed by atoms with Crippen LogP contribution in [0.3, 0.4) is 0 Å². The molecule has 0 radical (unpaired) electrons. The number of benzene rings is 1. The molecule has 0 atom stereocenters. The summed E-state index contributed by atoms with van der Waals surface area (Å²) in [5.74, 6) is -0.498. The third kappa shape index (κ3) is 3.06. The lowest BCUT2D eigenvalue weighted by Crippen LogP contribution is -2.24. The van der Waals surface area contributed by atoms with Gasteiger partial charge in [0.15, 0.2) is 5.13 Å². The summed E-state index contributed by atoms with van der Waals surface area (Å²) in [6, 6.07) is 7.17. The molecular weight excluding hydrogens is 396 g/mol. The van der Waals surface area contributed by atoms with Crippen LogP contribution >= 0.6 is 22.9 Å². The number of halogens is 1. The largest absolute Gasteiger partial charge is 0.332 e. The summed E-state index contributed by atoms with van der Waals surface area (Å²) in [7, 11) is 0. The van der Waals surface area contributed by atoms with Crippen molar-refractivity contribution in [1.29, 1.82) is 0 Å². The van der Waals surface area contributed by atoms with Gasteiger partial charge in [-0.1, -0.05) is 29.0 Å². The Bertz CT molecular complexity index is 1270. The molecular formula is C20H17ClN4O2S. The number of pyridine rings is 2. The van der Waals surface area contributed by atoms with Crippen molar-refractivity contribution in [2.75, 3.05) is 5.32 Å². The Labute approximate surface area is 169 Å².